The number of rotatable bonds is 8. The molecule has 32 heavy (non-hydrogen) atoms. The second-order valence-electron chi connectivity index (χ2n) is 7.36. The van der Waals surface area contributed by atoms with Crippen LogP contribution in [0.15, 0.2) is 60.8 Å². The number of benzene rings is 2. The van der Waals surface area contributed by atoms with Crippen LogP contribution in [0.25, 0.3) is 16.7 Å². The maximum absolute atomic E-state index is 12.8. The number of ether oxygens (including phenoxy) is 2. The van der Waals surface area contributed by atoms with Gasteiger partial charge in [0.05, 0.1) is 25.9 Å². The Morgan fingerprint density at radius 1 is 0.906 bits per heavy atom. The number of carbonyl (C=O) groups excluding carboxylic acids is 2. The lowest BCUT2D eigenvalue weighted by Crippen LogP contribution is -2.09. The molecule has 7 nitrogen and oxygen atoms in total. The molecule has 0 saturated carbocycles. The van der Waals surface area contributed by atoms with E-state index in [1.807, 2.05) is 25.1 Å². The molecule has 2 heterocycles. The van der Waals surface area contributed by atoms with Crippen molar-refractivity contribution in [2.45, 2.75) is 19.8 Å². The number of hydrogen-bond acceptors (Lipinski definition) is 6. The molecule has 0 atom stereocenters. The molecule has 4 rings (SSSR count). The number of carbonyl (C=O) groups is 2. The lowest BCUT2D eigenvalue weighted by Gasteiger charge is -2.09. The topological polar surface area (TPSA) is 83.3 Å². The van der Waals surface area contributed by atoms with Crippen LogP contribution < -0.4 is 9.47 Å². The summed E-state index contributed by atoms with van der Waals surface area (Å²) in [5.41, 5.74) is 2.81. The van der Waals surface area contributed by atoms with E-state index in [2.05, 4.69) is 10.1 Å². The Morgan fingerprint density at radius 3 is 2.44 bits per heavy atom. The molecule has 0 amide bonds. The van der Waals surface area contributed by atoms with E-state index in [1.165, 1.54) is 14.2 Å². The van der Waals surface area contributed by atoms with Crippen LogP contribution in [0.2, 0.25) is 0 Å². The van der Waals surface area contributed by atoms with Gasteiger partial charge in [-0.3, -0.25) is 9.59 Å². The predicted octanol–water partition coefficient (Wildman–Crippen LogP) is 4.59. The van der Waals surface area contributed by atoms with Gasteiger partial charge in [0, 0.05) is 23.8 Å². The maximum atomic E-state index is 12.8. The third kappa shape index (κ3) is 4.09. The van der Waals surface area contributed by atoms with E-state index in [9.17, 15) is 9.59 Å². The molecule has 0 saturated heterocycles. The van der Waals surface area contributed by atoms with Crippen LogP contribution in [-0.2, 0) is 0 Å². The number of aromatic nitrogens is 3. The van der Waals surface area contributed by atoms with Gasteiger partial charge in [-0.2, -0.15) is 5.10 Å². The molecule has 0 aliphatic carbocycles. The van der Waals surface area contributed by atoms with Crippen molar-refractivity contribution < 1.29 is 19.1 Å². The van der Waals surface area contributed by atoms with Crippen LogP contribution in [-0.4, -0.2) is 40.6 Å². The molecule has 0 bridgehead atoms. The van der Waals surface area contributed by atoms with E-state index in [-0.39, 0.29) is 24.4 Å². The van der Waals surface area contributed by atoms with Gasteiger partial charge in [-0.05, 0) is 48.9 Å². The van der Waals surface area contributed by atoms with Crippen molar-refractivity contribution in [3.05, 3.63) is 77.6 Å². The fraction of sp³-hybridized carbons (Fsp3) is 0.200. The van der Waals surface area contributed by atoms with E-state index in [0.29, 0.717) is 28.6 Å². The van der Waals surface area contributed by atoms with Crippen molar-refractivity contribution in [1.82, 2.24) is 14.8 Å². The maximum Gasteiger partial charge on any atom is 0.181 e. The highest BCUT2D eigenvalue weighted by atomic mass is 16.5. The van der Waals surface area contributed by atoms with Crippen molar-refractivity contribution in [2.24, 2.45) is 0 Å². The number of pyridine rings is 1. The molecule has 0 unspecified atom stereocenters. The van der Waals surface area contributed by atoms with Gasteiger partial charge in [-0.1, -0.05) is 18.2 Å². The zero-order chi connectivity index (χ0) is 22.7. The Morgan fingerprint density at radius 2 is 1.66 bits per heavy atom. The molecule has 2 aromatic carbocycles. The van der Waals surface area contributed by atoms with Crippen molar-refractivity contribution in [3.8, 4) is 17.3 Å². The van der Waals surface area contributed by atoms with Crippen LogP contribution in [0.3, 0.4) is 0 Å². The highest BCUT2D eigenvalue weighted by Crippen LogP contribution is 2.28. The first-order valence-electron chi connectivity index (χ1n) is 10.2. The summed E-state index contributed by atoms with van der Waals surface area (Å²) >= 11 is 0. The zero-order valence-corrected chi connectivity index (χ0v) is 18.2. The highest BCUT2D eigenvalue weighted by molar-refractivity contribution is 6.01. The SMILES string of the molecule is COc1ccc(C(=O)CCC(=O)c2cccc(-n3ncc4c(C)cccc43)n2)cc1OC. The largest absolute Gasteiger partial charge is 0.493 e. The summed E-state index contributed by atoms with van der Waals surface area (Å²) in [6.45, 7) is 2.02. The smallest absolute Gasteiger partial charge is 0.181 e. The highest BCUT2D eigenvalue weighted by Gasteiger charge is 2.16. The number of ketones is 2. The van der Waals surface area contributed by atoms with Crippen LogP contribution in [0.4, 0.5) is 0 Å². The quantitative estimate of drug-likeness (QED) is 0.381. The standard InChI is InChI=1S/C25H23N3O4/c1-16-6-4-8-20-18(16)15-26-28(20)25-9-5-7-19(27-25)22(30)12-11-21(29)17-10-13-23(31-2)24(14-17)32-3/h4-10,13-15H,11-12H2,1-3H3. The van der Waals surface area contributed by atoms with Crippen molar-refractivity contribution in [1.29, 1.82) is 0 Å². The molecule has 2 aromatic heterocycles. The van der Waals surface area contributed by atoms with Crippen LogP contribution in [0, 0.1) is 6.92 Å². The average Bonchev–Trinajstić information content (AvgIpc) is 3.27. The summed E-state index contributed by atoms with van der Waals surface area (Å²) in [7, 11) is 3.05. The number of Topliss-reactive ketones (excluding diaryl/α,β-unsaturated/α-hetero) is 2. The Labute approximate surface area is 185 Å². The number of nitrogens with zero attached hydrogens (tertiary/aromatic N) is 3. The molecular weight excluding hydrogens is 406 g/mol. The lowest BCUT2D eigenvalue weighted by atomic mass is 10.0. The van der Waals surface area contributed by atoms with Gasteiger partial charge in [0.15, 0.2) is 28.9 Å². The monoisotopic (exact) mass is 429 g/mol. The van der Waals surface area contributed by atoms with E-state index < -0.39 is 0 Å². The third-order valence-electron chi connectivity index (χ3n) is 5.35. The van der Waals surface area contributed by atoms with E-state index >= 15 is 0 Å². The molecule has 0 aliphatic heterocycles. The summed E-state index contributed by atoms with van der Waals surface area (Å²) in [5.74, 6) is 1.23. The molecule has 162 valence electrons. The number of hydrogen-bond donors (Lipinski definition) is 0. The Bertz CT molecular complexity index is 1310. The van der Waals surface area contributed by atoms with Gasteiger partial charge in [-0.15, -0.1) is 0 Å². The first-order chi connectivity index (χ1) is 15.5. The molecule has 0 spiro atoms. The van der Waals surface area contributed by atoms with Crippen molar-refractivity contribution in [2.75, 3.05) is 14.2 Å². The van der Waals surface area contributed by atoms with Crippen LogP contribution >= 0.6 is 0 Å². The Kier molecular flexibility index (Phi) is 5.98. The number of fused-ring (bicyclic) bond motifs is 1. The molecule has 0 fully saturated rings. The minimum atomic E-state index is -0.201. The van der Waals surface area contributed by atoms with Gasteiger partial charge < -0.3 is 9.47 Å². The van der Waals surface area contributed by atoms with Crippen molar-refractivity contribution in [3.63, 3.8) is 0 Å². The van der Waals surface area contributed by atoms with Gasteiger partial charge in [-0.25, -0.2) is 9.67 Å². The normalized spacial score (nSPS) is 10.8. The minimum Gasteiger partial charge on any atom is -0.493 e. The lowest BCUT2D eigenvalue weighted by molar-refractivity contribution is 0.0915. The minimum absolute atomic E-state index is 0.0581. The first-order valence-corrected chi connectivity index (χ1v) is 10.2. The van der Waals surface area contributed by atoms with E-state index in [1.54, 1.807) is 47.3 Å². The molecule has 4 aromatic rings. The summed E-state index contributed by atoms with van der Waals surface area (Å²) in [6, 6.07) is 16.1. The fourth-order valence-corrected chi connectivity index (χ4v) is 3.58. The number of aryl methyl sites for hydroxylation is 1. The predicted molar refractivity (Wildman–Crippen MR) is 121 cm³/mol. The van der Waals surface area contributed by atoms with E-state index in [4.69, 9.17) is 9.47 Å². The van der Waals surface area contributed by atoms with Gasteiger partial charge in [0.1, 0.15) is 5.69 Å². The van der Waals surface area contributed by atoms with Gasteiger partial charge in [0.2, 0.25) is 0 Å². The van der Waals surface area contributed by atoms with Crippen LogP contribution in [0.1, 0.15) is 39.3 Å². The summed E-state index contributed by atoms with van der Waals surface area (Å²) < 4.78 is 12.2. The first kappa shape index (κ1) is 21.2. The van der Waals surface area contributed by atoms with Crippen LogP contribution in [0.5, 0.6) is 11.5 Å². The third-order valence-corrected chi connectivity index (χ3v) is 5.35. The Hall–Kier alpha value is -4.00. The second-order valence-corrected chi connectivity index (χ2v) is 7.36. The summed E-state index contributed by atoms with van der Waals surface area (Å²) in [5, 5.41) is 5.47. The molecule has 7 heteroatoms. The molecular formula is C25H23N3O4. The molecule has 0 N–H and O–H groups in total. The molecule has 0 radical (unpaired) electrons. The molecule has 0 aliphatic rings. The van der Waals surface area contributed by atoms with Crippen molar-refractivity contribution >= 4 is 22.5 Å². The Balaban J connectivity index is 1.50. The summed E-state index contributed by atoms with van der Waals surface area (Å²) in [4.78, 5) is 29.9. The average molecular weight is 429 g/mol. The zero-order valence-electron chi connectivity index (χ0n) is 18.2. The summed E-state index contributed by atoms with van der Waals surface area (Å²) in [6.07, 6.45) is 1.93. The van der Waals surface area contributed by atoms with Gasteiger partial charge in [0.25, 0.3) is 0 Å². The number of methoxy groups -OCH3 is 2. The van der Waals surface area contributed by atoms with Gasteiger partial charge >= 0.3 is 0 Å². The fourth-order valence-electron chi connectivity index (χ4n) is 3.58. The second kappa shape index (κ2) is 9.01. The van der Waals surface area contributed by atoms with E-state index in [0.717, 1.165) is 16.5 Å².